The van der Waals surface area contributed by atoms with Gasteiger partial charge in [-0.2, -0.15) is 0 Å². The summed E-state index contributed by atoms with van der Waals surface area (Å²) in [6.45, 7) is 0. The summed E-state index contributed by atoms with van der Waals surface area (Å²) in [6, 6.07) is 12.4. The summed E-state index contributed by atoms with van der Waals surface area (Å²) in [6.07, 6.45) is 0. The number of hydrogen-bond acceptors (Lipinski definition) is 3. The number of amides is 1. The van der Waals surface area contributed by atoms with E-state index < -0.39 is 11.7 Å². The molecule has 2 aromatic carbocycles. The molecule has 2 aromatic rings. The molecule has 2 N–H and O–H groups in total. The van der Waals surface area contributed by atoms with Crippen LogP contribution in [0.2, 0.25) is 0 Å². The molecule has 0 saturated heterocycles. The molecule has 0 aromatic heterocycles. The summed E-state index contributed by atoms with van der Waals surface area (Å²) in [4.78, 5) is 11.9. The number of hydrogen-bond donors (Lipinski definition) is 2. The molecule has 0 spiro atoms. The number of thiocarbonyl (C=S) groups is 1. The summed E-state index contributed by atoms with van der Waals surface area (Å²) in [5.74, 6) is -0.209. The van der Waals surface area contributed by atoms with Crippen molar-refractivity contribution in [2.45, 2.75) is 0 Å². The van der Waals surface area contributed by atoms with Crippen molar-refractivity contribution in [1.82, 2.24) is 5.32 Å². The molecule has 0 fully saturated rings. The van der Waals surface area contributed by atoms with Gasteiger partial charge in [0, 0.05) is 5.56 Å². The maximum Gasteiger partial charge on any atom is 0.257 e. The maximum absolute atomic E-state index is 12.8. The van der Waals surface area contributed by atoms with Crippen LogP contribution >= 0.6 is 12.2 Å². The Labute approximate surface area is 126 Å². The van der Waals surface area contributed by atoms with Crippen LogP contribution in [0.1, 0.15) is 10.4 Å². The molecule has 0 bridgehead atoms. The predicted molar refractivity (Wildman–Crippen MR) is 83.1 cm³/mol. The van der Waals surface area contributed by atoms with Gasteiger partial charge in [0.15, 0.2) is 5.11 Å². The molecule has 0 atom stereocenters. The first-order chi connectivity index (χ1) is 10.1. The van der Waals surface area contributed by atoms with Crippen LogP contribution in [0.4, 0.5) is 10.1 Å². The molecule has 4 nitrogen and oxygen atoms in total. The minimum Gasteiger partial charge on any atom is -0.495 e. The molecule has 0 heterocycles. The lowest BCUT2D eigenvalue weighted by atomic mass is 10.2. The van der Waals surface area contributed by atoms with E-state index >= 15 is 0 Å². The first-order valence-electron chi connectivity index (χ1n) is 6.11. The standard InChI is InChI=1S/C15H13FN2O2S/c1-20-13-5-3-2-4-12(13)17-15(21)18-14(19)10-6-8-11(16)9-7-10/h2-9H,1H3,(H2,17,18,19,21). The van der Waals surface area contributed by atoms with Crippen LogP contribution in [0.5, 0.6) is 5.75 Å². The molecule has 0 saturated carbocycles. The Bertz CT molecular complexity index is 659. The summed E-state index contributed by atoms with van der Waals surface area (Å²) in [5, 5.41) is 5.53. The topological polar surface area (TPSA) is 50.4 Å². The minimum atomic E-state index is -0.414. The van der Waals surface area contributed by atoms with E-state index in [1.165, 1.54) is 24.3 Å². The quantitative estimate of drug-likeness (QED) is 0.856. The van der Waals surface area contributed by atoms with E-state index in [1.807, 2.05) is 12.1 Å². The molecule has 0 aliphatic carbocycles. The zero-order chi connectivity index (χ0) is 15.2. The van der Waals surface area contributed by atoms with Crippen LogP contribution in [0, 0.1) is 5.82 Å². The number of anilines is 1. The van der Waals surface area contributed by atoms with Gasteiger partial charge < -0.3 is 10.1 Å². The molecule has 0 aliphatic heterocycles. The average molecular weight is 304 g/mol. The Hall–Kier alpha value is -2.47. The van der Waals surface area contributed by atoms with Crippen LogP contribution in [0.15, 0.2) is 48.5 Å². The van der Waals surface area contributed by atoms with Crippen LogP contribution in [0.25, 0.3) is 0 Å². The van der Waals surface area contributed by atoms with Gasteiger partial charge in [-0.3, -0.25) is 10.1 Å². The van der Waals surface area contributed by atoms with Crippen LogP contribution in [0.3, 0.4) is 0 Å². The third-order valence-corrected chi connectivity index (χ3v) is 2.89. The lowest BCUT2D eigenvalue weighted by Crippen LogP contribution is -2.34. The summed E-state index contributed by atoms with van der Waals surface area (Å²) in [7, 11) is 1.54. The van der Waals surface area contributed by atoms with E-state index in [2.05, 4.69) is 10.6 Å². The third kappa shape index (κ3) is 4.00. The van der Waals surface area contributed by atoms with Crippen LogP contribution in [-0.2, 0) is 0 Å². The van der Waals surface area contributed by atoms with E-state index in [-0.39, 0.29) is 5.11 Å². The highest BCUT2D eigenvalue weighted by Gasteiger charge is 2.09. The first kappa shape index (κ1) is 14.9. The summed E-state index contributed by atoms with van der Waals surface area (Å²) in [5.41, 5.74) is 0.963. The number of methoxy groups -OCH3 is 1. The largest absolute Gasteiger partial charge is 0.495 e. The van der Waals surface area contributed by atoms with Gasteiger partial charge in [0.25, 0.3) is 5.91 Å². The van der Waals surface area contributed by atoms with Crippen LogP contribution in [-0.4, -0.2) is 18.1 Å². The van der Waals surface area contributed by atoms with Crippen molar-refractivity contribution in [1.29, 1.82) is 0 Å². The highest BCUT2D eigenvalue weighted by molar-refractivity contribution is 7.80. The Morgan fingerprint density at radius 2 is 1.81 bits per heavy atom. The third-order valence-electron chi connectivity index (χ3n) is 2.69. The van der Waals surface area contributed by atoms with E-state index in [0.29, 0.717) is 17.0 Å². The van der Waals surface area contributed by atoms with Crippen LogP contribution < -0.4 is 15.4 Å². The lowest BCUT2D eigenvalue weighted by Gasteiger charge is -2.12. The normalized spacial score (nSPS) is 9.81. The zero-order valence-electron chi connectivity index (χ0n) is 11.2. The van der Waals surface area contributed by atoms with Gasteiger partial charge in [0.05, 0.1) is 12.8 Å². The highest BCUT2D eigenvalue weighted by atomic mass is 32.1. The molecule has 0 unspecified atom stereocenters. The second-order valence-corrected chi connectivity index (χ2v) is 4.52. The van der Waals surface area contributed by atoms with Gasteiger partial charge >= 0.3 is 0 Å². The average Bonchev–Trinajstić information content (AvgIpc) is 2.48. The fourth-order valence-corrected chi connectivity index (χ4v) is 1.88. The first-order valence-corrected chi connectivity index (χ1v) is 6.52. The van der Waals surface area contributed by atoms with Crippen molar-refractivity contribution in [2.75, 3.05) is 12.4 Å². The summed E-state index contributed by atoms with van der Waals surface area (Å²) < 4.78 is 18.0. The molecular formula is C15H13FN2O2S. The van der Waals surface area contributed by atoms with E-state index in [9.17, 15) is 9.18 Å². The van der Waals surface area contributed by atoms with Crippen molar-refractivity contribution in [3.8, 4) is 5.75 Å². The predicted octanol–water partition coefficient (Wildman–Crippen LogP) is 2.96. The number of benzene rings is 2. The lowest BCUT2D eigenvalue weighted by molar-refractivity contribution is 0.0977. The van der Waals surface area contributed by atoms with Crippen molar-refractivity contribution >= 4 is 28.9 Å². The van der Waals surface area contributed by atoms with Crippen molar-refractivity contribution in [3.05, 3.63) is 59.9 Å². The molecule has 6 heteroatoms. The van der Waals surface area contributed by atoms with Crippen molar-refractivity contribution in [3.63, 3.8) is 0 Å². The van der Waals surface area contributed by atoms with E-state index in [0.717, 1.165) is 0 Å². The Balaban J connectivity index is 2.01. The molecule has 2 rings (SSSR count). The minimum absolute atomic E-state index is 0.133. The number of ether oxygens (including phenoxy) is 1. The SMILES string of the molecule is COc1ccccc1NC(=S)NC(=O)c1ccc(F)cc1. The Morgan fingerprint density at radius 3 is 2.48 bits per heavy atom. The molecule has 0 radical (unpaired) electrons. The Kier molecular flexibility index (Phi) is 4.84. The number of rotatable bonds is 3. The monoisotopic (exact) mass is 304 g/mol. The number of carbonyl (C=O) groups excluding carboxylic acids is 1. The molecule has 108 valence electrons. The second kappa shape index (κ2) is 6.81. The van der Waals surface area contributed by atoms with Gasteiger partial charge in [-0.1, -0.05) is 12.1 Å². The molecule has 0 aliphatic rings. The van der Waals surface area contributed by atoms with Crippen molar-refractivity contribution in [2.24, 2.45) is 0 Å². The molecule has 1 amide bonds. The van der Waals surface area contributed by atoms with Gasteiger partial charge in [0.1, 0.15) is 11.6 Å². The summed E-state index contributed by atoms with van der Waals surface area (Å²) >= 11 is 5.07. The molecule has 21 heavy (non-hydrogen) atoms. The number of halogens is 1. The fourth-order valence-electron chi connectivity index (χ4n) is 1.68. The fraction of sp³-hybridized carbons (Fsp3) is 0.0667. The number of para-hydroxylation sites is 2. The number of nitrogens with one attached hydrogen (secondary N) is 2. The Morgan fingerprint density at radius 1 is 1.14 bits per heavy atom. The van der Waals surface area contributed by atoms with Crippen molar-refractivity contribution < 1.29 is 13.9 Å². The zero-order valence-corrected chi connectivity index (χ0v) is 12.0. The van der Waals surface area contributed by atoms with E-state index in [1.54, 1.807) is 19.2 Å². The maximum atomic E-state index is 12.8. The highest BCUT2D eigenvalue weighted by Crippen LogP contribution is 2.22. The second-order valence-electron chi connectivity index (χ2n) is 4.12. The molecular weight excluding hydrogens is 291 g/mol. The smallest absolute Gasteiger partial charge is 0.257 e. The van der Waals surface area contributed by atoms with Gasteiger partial charge in [0.2, 0.25) is 0 Å². The van der Waals surface area contributed by atoms with Gasteiger partial charge in [-0.25, -0.2) is 4.39 Å². The van der Waals surface area contributed by atoms with Gasteiger partial charge in [-0.05, 0) is 48.6 Å². The van der Waals surface area contributed by atoms with Gasteiger partial charge in [-0.15, -0.1) is 0 Å². The van der Waals surface area contributed by atoms with E-state index in [4.69, 9.17) is 17.0 Å². The number of carbonyl (C=O) groups is 1.